The topological polar surface area (TPSA) is 98.7 Å². The molecule has 10 heteroatoms. The van der Waals surface area contributed by atoms with E-state index in [4.69, 9.17) is 0 Å². The van der Waals surface area contributed by atoms with Crippen molar-refractivity contribution in [1.29, 1.82) is 0 Å². The molecule has 1 aliphatic carbocycles. The number of guanidine groups is 1. The van der Waals surface area contributed by atoms with E-state index in [0.717, 1.165) is 19.3 Å². The van der Waals surface area contributed by atoms with Gasteiger partial charge in [-0.05, 0) is 37.3 Å². The lowest BCUT2D eigenvalue weighted by Crippen LogP contribution is -2.46. The fourth-order valence-electron chi connectivity index (χ4n) is 3.39. The molecule has 0 radical (unpaired) electrons. The second-order valence-corrected chi connectivity index (χ2v) is 9.27. The largest absolute Gasteiger partial charge is 0.355 e. The first kappa shape index (κ1) is 20.8. The minimum Gasteiger partial charge on any atom is -0.355 e. The Morgan fingerprint density at radius 3 is 2.89 bits per heavy atom. The van der Waals surface area contributed by atoms with Crippen molar-refractivity contribution in [2.75, 3.05) is 43.9 Å². The number of nitrogens with one attached hydrogen (secondary N) is 3. The molecular formula is C18H29FN6O2S. The van der Waals surface area contributed by atoms with E-state index in [2.05, 4.69) is 25.3 Å². The molecule has 1 aliphatic heterocycles. The van der Waals surface area contributed by atoms with Crippen molar-refractivity contribution in [3.63, 3.8) is 0 Å². The van der Waals surface area contributed by atoms with Crippen molar-refractivity contribution in [3.05, 3.63) is 24.1 Å². The Morgan fingerprint density at radius 2 is 2.21 bits per heavy atom. The average molecular weight is 413 g/mol. The normalized spacial score (nSPS) is 20.9. The van der Waals surface area contributed by atoms with E-state index in [1.165, 1.54) is 12.5 Å². The minimum absolute atomic E-state index is 0.00361. The molecule has 0 spiro atoms. The van der Waals surface area contributed by atoms with Gasteiger partial charge in [0.1, 0.15) is 0 Å². The SMILES string of the molecule is CN=C(NCCS(=O)(=O)NCC1CCC1)NC1CCN(c2ncccc2F)C1. The van der Waals surface area contributed by atoms with Crippen LogP contribution in [0.5, 0.6) is 0 Å². The molecule has 2 fully saturated rings. The van der Waals surface area contributed by atoms with Crippen molar-refractivity contribution >= 4 is 21.8 Å². The highest BCUT2D eigenvalue weighted by Crippen LogP contribution is 2.25. The van der Waals surface area contributed by atoms with Gasteiger partial charge in [-0.2, -0.15) is 0 Å². The van der Waals surface area contributed by atoms with Crippen molar-refractivity contribution in [2.24, 2.45) is 10.9 Å². The minimum atomic E-state index is -3.29. The number of halogens is 1. The molecule has 2 aliphatic rings. The van der Waals surface area contributed by atoms with E-state index in [1.54, 1.807) is 19.3 Å². The van der Waals surface area contributed by atoms with Crippen LogP contribution in [0.1, 0.15) is 25.7 Å². The second-order valence-electron chi connectivity index (χ2n) is 7.35. The van der Waals surface area contributed by atoms with E-state index >= 15 is 0 Å². The summed E-state index contributed by atoms with van der Waals surface area (Å²) in [6.07, 6.45) is 5.81. The number of aromatic nitrogens is 1. The van der Waals surface area contributed by atoms with Gasteiger partial charge in [-0.15, -0.1) is 0 Å². The molecule has 0 aromatic carbocycles. The van der Waals surface area contributed by atoms with Crippen LogP contribution in [0.25, 0.3) is 0 Å². The predicted octanol–water partition coefficient (Wildman–Crippen LogP) is 0.684. The lowest BCUT2D eigenvalue weighted by atomic mass is 9.86. The number of hydrogen-bond acceptors (Lipinski definition) is 5. The van der Waals surface area contributed by atoms with Crippen LogP contribution in [0.15, 0.2) is 23.3 Å². The van der Waals surface area contributed by atoms with Crippen LogP contribution in [-0.4, -0.2) is 64.4 Å². The van der Waals surface area contributed by atoms with Gasteiger partial charge in [0.2, 0.25) is 10.0 Å². The zero-order chi connectivity index (χ0) is 20.0. The van der Waals surface area contributed by atoms with Crippen LogP contribution in [0, 0.1) is 11.7 Å². The number of anilines is 1. The molecule has 1 aromatic rings. The molecule has 3 N–H and O–H groups in total. The first-order valence-electron chi connectivity index (χ1n) is 9.77. The smallest absolute Gasteiger partial charge is 0.213 e. The van der Waals surface area contributed by atoms with Gasteiger partial charge in [0.25, 0.3) is 0 Å². The second kappa shape index (κ2) is 9.51. The third-order valence-corrected chi connectivity index (χ3v) is 6.62. The van der Waals surface area contributed by atoms with Crippen molar-refractivity contribution in [2.45, 2.75) is 31.7 Å². The molecule has 1 unspecified atom stereocenters. The number of sulfonamides is 1. The third-order valence-electron chi connectivity index (χ3n) is 5.27. The van der Waals surface area contributed by atoms with Gasteiger partial charge in [0.15, 0.2) is 17.6 Å². The molecule has 28 heavy (non-hydrogen) atoms. The molecule has 1 saturated heterocycles. The summed E-state index contributed by atoms with van der Waals surface area (Å²) in [4.78, 5) is 10.2. The summed E-state index contributed by atoms with van der Waals surface area (Å²) in [5.74, 6) is 1.06. The summed E-state index contributed by atoms with van der Waals surface area (Å²) in [6, 6.07) is 3.06. The van der Waals surface area contributed by atoms with E-state index in [0.29, 0.717) is 37.3 Å². The Hall–Kier alpha value is -1.94. The Morgan fingerprint density at radius 1 is 1.39 bits per heavy atom. The van der Waals surface area contributed by atoms with Gasteiger partial charge in [-0.1, -0.05) is 6.42 Å². The predicted molar refractivity (Wildman–Crippen MR) is 108 cm³/mol. The number of pyridine rings is 1. The van der Waals surface area contributed by atoms with Gasteiger partial charge in [0.05, 0.1) is 5.75 Å². The highest BCUT2D eigenvalue weighted by molar-refractivity contribution is 7.89. The fourth-order valence-corrected chi connectivity index (χ4v) is 4.39. The molecule has 3 rings (SSSR count). The highest BCUT2D eigenvalue weighted by atomic mass is 32.2. The Bertz CT molecular complexity index is 784. The molecule has 156 valence electrons. The number of nitrogens with zero attached hydrogens (tertiary/aromatic N) is 3. The summed E-state index contributed by atoms with van der Waals surface area (Å²) >= 11 is 0. The third kappa shape index (κ3) is 5.78. The lowest BCUT2D eigenvalue weighted by molar-refractivity contribution is 0.316. The molecule has 0 amide bonds. The van der Waals surface area contributed by atoms with Crippen molar-refractivity contribution in [3.8, 4) is 0 Å². The number of rotatable bonds is 8. The van der Waals surface area contributed by atoms with E-state index in [-0.39, 0.29) is 24.2 Å². The molecule has 1 atom stereocenters. The molecule has 1 saturated carbocycles. The van der Waals surface area contributed by atoms with Gasteiger partial charge in [0, 0.05) is 45.5 Å². The molecule has 8 nitrogen and oxygen atoms in total. The van der Waals surface area contributed by atoms with E-state index in [1.807, 2.05) is 4.90 Å². The first-order valence-corrected chi connectivity index (χ1v) is 11.4. The average Bonchev–Trinajstić information content (AvgIpc) is 3.08. The zero-order valence-corrected chi connectivity index (χ0v) is 17.0. The van der Waals surface area contributed by atoms with Crippen LogP contribution in [-0.2, 0) is 10.0 Å². The maximum atomic E-state index is 13.9. The molecule has 2 heterocycles. The zero-order valence-electron chi connectivity index (χ0n) is 16.2. The first-order chi connectivity index (χ1) is 13.5. The van der Waals surface area contributed by atoms with Crippen molar-refractivity contribution < 1.29 is 12.8 Å². The van der Waals surface area contributed by atoms with E-state index < -0.39 is 10.0 Å². The summed E-state index contributed by atoms with van der Waals surface area (Å²) in [7, 11) is -1.64. The summed E-state index contributed by atoms with van der Waals surface area (Å²) in [6.45, 7) is 2.11. The number of hydrogen-bond donors (Lipinski definition) is 3. The van der Waals surface area contributed by atoms with Crippen LogP contribution in [0.4, 0.5) is 10.2 Å². The summed E-state index contributed by atoms with van der Waals surface area (Å²) in [5, 5.41) is 6.32. The maximum Gasteiger partial charge on any atom is 0.213 e. The van der Waals surface area contributed by atoms with Gasteiger partial charge in [-0.25, -0.2) is 22.5 Å². The monoisotopic (exact) mass is 412 g/mol. The highest BCUT2D eigenvalue weighted by Gasteiger charge is 2.26. The van der Waals surface area contributed by atoms with Crippen molar-refractivity contribution in [1.82, 2.24) is 20.3 Å². The quantitative estimate of drug-likeness (QED) is 0.429. The molecule has 1 aromatic heterocycles. The fraction of sp³-hybridized carbons (Fsp3) is 0.667. The Kier molecular flexibility index (Phi) is 7.06. The molecule has 0 bridgehead atoms. The maximum absolute atomic E-state index is 13.9. The summed E-state index contributed by atoms with van der Waals surface area (Å²) in [5.41, 5.74) is 0. The van der Waals surface area contributed by atoms with Crippen LogP contribution in [0.2, 0.25) is 0 Å². The Balaban J connectivity index is 1.40. The number of aliphatic imine (C=N–C) groups is 1. The van der Waals surface area contributed by atoms with E-state index in [9.17, 15) is 12.8 Å². The van der Waals surface area contributed by atoms with Gasteiger partial charge >= 0.3 is 0 Å². The molecular weight excluding hydrogens is 383 g/mol. The van der Waals surface area contributed by atoms with Crippen LogP contribution >= 0.6 is 0 Å². The standard InChI is InChI=1S/C18H29FN6O2S/c1-20-18(22-9-11-28(26,27)23-12-14-4-2-5-14)24-15-7-10-25(13-15)17-16(19)6-3-8-21-17/h3,6,8,14-15,23H,2,4-5,7,9-13H2,1H3,(H2,20,22,24). The van der Waals surface area contributed by atoms with Gasteiger partial charge < -0.3 is 15.5 Å². The van der Waals surface area contributed by atoms with Crippen LogP contribution < -0.4 is 20.3 Å². The Labute approximate surface area is 166 Å². The summed E-state index contributed by atoms with van der Waals surface area (Å²) < 4.78 is 40.7. The van der Waals surface area contributed by atoms with Gasteiger partial charge in [-0.3, -0.25) is 4.99 Å². The van der Waals surface area contributed by atoms with Crippen LogP contribution in [0.3, 0.4) is 0 Å². The lowest BCUT2D eigenvalue weighted by Gasteiger charge is -2.25.